The number of nitrogens with zero attached hydrogens (tertiary/aromatic N) is 1. The van der Waals surface area contributed by atoms with Crippen molar-refractivity contribution in [3.63, 3.8) is 0 Å². The van der Waals surface area contributed by atoms with E-state index in [0.29, 0.717) is 53.1 Å². The van der Waals surface area contributed by atoms with E-state index in [0.717, 1.165) is 0 Å². The van der Waals surface area contributed by atoms with Crippen LogP contribution in [0.4, 0.5) is 0 Å². The predicted molar refractivity (Wildman–Crippen MR) is 98.9 cm³/mol. The Morgan fingerprint density at radius 3 is 2.76 bits per heavy atom. The van der Waals surface area contributed by atoms with Crippen molar-refractivity contribution in [3.8, 4) is 22.8 Å². The number of benzene rings is 1. The summed E-state index contributed by atoms with van der Waals surface area (Å²) in [7, 11) is 1.29. The van der Waals surface area contributed by atoms with Gasteiger partial charge in [-0.05, 0) is 31.2 Å². The second kappa shape index (κ2) is 7.70. The lowest BCUT2D eigenvalue weighted by molar-refractivity contribution is 0.0598. The van der Waals surface area contributed by atoms with Crippen molar-refractivity contribution >= 4 is 11.9 Å². The van der Waals surface area contributed by atoms with E-state index in [1.54, 1.807) is 25.1 Å². The molecule has 0 radical (unpaired) electrons. The van der Waals surface area contributed by atoms with Crippen LogP contribution in [0.5, 0.6) is 11.5 Å². The highest BCUT2D eigenvalue weighted by atomic mass is 16.6. The Hall–Kier alpha value is -3.75. The summed E-state index contributed by atoms with van der Waals surface area (Å²) < 4.78 is 26.7. The quantitative estimate of drug-likeness (QED) is 0.653. The Balaban J connectivity index is 1.50. The maximum Gasteiger partial charge on any atom is 0.341 e. The van der Waals surface area contributed by atoms with Crippen molar-refractivity contribution in [1.82, 2.24) is 10.3 Å². The normalized spacial score (nSPS) is 12.5. The number of hydrogen-bond donors (Lipinski definition) is 1. The van der Waals surface area contributed by atoms with Gasteiger partial charge in [0.1, 0.15) is 30.3 Å². The SMILES string of the molecule is COC(=O)c1cc(CNC(=O)c2ncoc2-c2ccc3c(c2)OCCO3)oc1C. The first kappa shape index (κ1) is 18.6. The minimum atomic E-state index is -0.499. The lowest BCUT2D eigenvalue weighted by Gasteiger charge is -2.18. The highest BCUT2D eigenvalue weighted by Gasteiger charge is 2.22. The molecule has 0 fully saturated rings. The standard InChI is InChI=1S/C20H18N2O7/c1-11-14(20(24)25-2)8-13(29-11)9-21-19(23)17-18(28-10-22-17)12-3-4-15-16(7-12)27-6-5-26-15/h3-4,7-8,10H,5-6,9H2,1-2H3,(H,21,23). The lowest BCUT2D eigenvalue weighted by atomic mass is 10.1. The molecule has 1 aromatic carbocycles. The summed E-state index contributed by atoms with van der Waals surface area (Å²) in [5.41, 5.74) is 1.08. The number of carbonyl (C=O) groups is 2. The molecule has 1 aliphatic heterocycles. The summed E-state index contributed by atoms with van der Waals surface area (Å²) in [6, 6.07) is 6.80. The van der Waals surface area contributed by atoms with Gasteiger partial charge in [-0.2, -0.15) is 0 Å². The fourth-order valence-electron chi connectivity index (χ4n) is 2.99. The fourth-order valence-corrected chi connectivity index (χ4v) is 2.99. The number of methoxy groups -OCH3 is 1. The third kappa shape index (κ3) is 3.66. The monoisotopic (exact) mass is 398 g/mol. The molecule has 0 atom stereocenters. The number of amides is 1. The summed E-state index contributed by atoms with van der Waals surface area (Å²) in [6.07, 6.45) is 1.20. The van der Waals surface area contributed by atoms with E-state index < -0.39 is 11.9 Å². The maximum atomic E-state index is 12.6. The second-order valence-electron chi connectivity index (χ2n) is 6.25. The van der Waals surface area contributed by atoms with Gasteiger partial charge in [0, 0.05) is 5.56 Å². The summed E-state index contributed by atoms with van der Waals surface area (Å²) in [4.78, 5) is 28.3. The number of nitrogens with one attached hydrogen (secondary N) is 1. The van der Waals surface area contributed by atoms with Gasteiger partial charge in [-0.1, -0.05) is 0 Å². The molecule has 1 aliphatic rings. The van der Waals surface area contributed by atoms with Gasteiger partial charge in [-0.15, -0.1) is 0 Å². The highest BCUT2D eigenvalue weighted by Crippen LogP contribution is 2.35. The van der Waals surface area contributed by atoms with Gasteiger partial charge in [-0.3, -0.25) is 4.79 Å². The molecule has 0 saturated carbocycles. The molecular weight excluding hydrogens is 380 g/mol. The highest BCUT2D eigenvalue weighted by molar-refractivity contribution is 5.97. The van der Waals surface area contributed by atoms with Crippen molar-refractivity contribution in [1.29, 1.82) is 0 Å². The van der Waals surface area contributed by atoms with Gasteiger partial charge in [0.2, 0.25) is 0 Å². The van der Waals surface area contributed by atoms with E-state index in [9.17, 15) is 9.59 Å². The molecule has 2 aromatic heterocycles. The van der Waals surface area contributed by atoms with Crippen LogP contribution in [0, 0.1) is 6.92 Å². The molecule has 1 N–H and O–H groups in total. The van der Waals surface area contributed by atoms with Crippen LogP contribution in [0.25, 0.3) is 11.3 Å². The molecule has 1 amide bonds. The van der Waals surface area contributed by atoms with Gasteiger partial charge < -0.3 is 28.4 Å². The van der Waals surface area contributed by atoms with Crippen molar-refractivity contribution in [2.75, 3.05) is 20.3 Å². The molecule has 4 rings (SSSR count). The van der Waals surface area contributed by atoms with Crippen molar-refractivity contribution < 1.29 is 32.6 Å². The molecule has 9 heteroatoms. The average molecular weight is 398 g/mol. The van der Waals surface area contributed by atoms with Crippen molar-refractivity contribution in [3.05, 3.63) is 53.4 Å². The zero-order valence-electron chi connectivity index (χ0n) is 15.8. The van der Waals surface area contributed by atoms with Crippen LogP contribution in [0.15, 0.2) is 39.5 Å². The number of furan rings is 1. The number of fused-ring (bicyclic) bond motifs is 1. The predicted octanol–water partition coefficient (Wildman–Crippen LogP) is 2.73. The number of oxazole rings is 1. The number of hydrogen-bond acceptors (Lipinski definition) is 8. The fraction of sp³-hybridized carbons (Fsp3) is 0.250. The van der Waals surface area contributed by atoms with E-state index in [1.165, 1.54) is 19.6 Å². The van der Waals surface area contributed by atoms with Gasteiger partial charge in [0.05, 0.1) is 13.7 Å². The minimum Gasteiger partial charge on any atom is -0.486 e. The number of aromatic nitrogens is 1. The number of aryl methyl sites for hydroxylation is 1. The van der Waals surface area contributed by atoms with Crippen molar-refractivity contribution in [2.24, 2.45) is 0 Å². The Labute approximate surface area is 165 Å². The number of esters is 1. The summed E-state index contributed by atoms with van der Waals surface area (Å²) in [6.45, 7) is 2.67. The van der Waals surface area contributed by atoms with E-state index in [2.05, 4.69) is 10.3 Å². The molecule has 0 spiro atoms. The number of carbonyl (C=O) groups excluding carboxylic acids is 2. The van der Waals surface area contributed by atoms with Crippen LogP contribution in [0.3, 0.4) is 0 Å². The molecule has 0 unspecified atom stereocenters. The molecule has 0 saturated heterocycles. The van der Waals surface area contributed by atoms with Crippen LogP contribution < -0.4 is 14.8 Å². The Kier molecular flexibility index (Phi) is 4.94. The zero-order valence-corrected chi connectivity index (χ0v) is 15.8. The summed E-state index contributed by atoms with van der Waals surface area (Å²) >= 11 is 0. The molecule has 3 aromatic rings. The van der Waals surface area contributed by atoms with E-state index >= 15 is 0 Å². The topological polar surface area (TPSA) is 113 Å². The Morgan fingerprint density at radius 2 is 1.97 bits per heavy atom. The zero-order chi connectivity index (χ0) is 20.4. The van der Waals surface area contributed by atoms with E-state index in [1.807, 2.05) is 0 Å². The van der Waals surface area contributed by atoms with Gasteiger partial charge in [-0.25, -0.2) is 9.78 Å². The Morgan fingerprint density at radius 1 is 1.17 bits per heavy atom. The van der Waals surface area contributed by atoms with Gasteiger partial charge in [0.25, 0.3) is 5.91 Å². The molecule has 9 nitrogen and oxygen atoms in total. The van der Waals surface area contributed by atoms with Crippen LogP contribution in [0.1, 0.15) is 32.4 Å². The van der Waals surface area contributed by atoms with E-state index in [-0.39, 0.29) is 12.2 Å². The van der Waals surface area contributed by atoms with Crippen LogP contribution >= 0.6 is 0 Å². The molecule has 0 aliphatic carbocycles. The van der Waals surface area contributed by atoms with Crippen LogP contribution in [-0.2, 0) is 11.3 Å². The molecular formula is C20H18N2O7. The van der Waals surface area contributed by atoms with Crippen LogP contribution in [0.2, 0.25) is 0 Å². The third-order valence-corrected chi connectivity index (χ3v) is 4.38. The lowest BCUT2D eigenvalue weighted by Crippen LogP contribution is -2.23. The van der Waals surface area contributed by atoms with E-state index in [4.69, 9.17) is 23.0 Å². The van der Waals surface area contributed by atoms with Gasteiger partial charge >= 0.3 is 5.97 Å². The molecule has 150 valence electrons. The average Bonchev–Trinajstić information content (AvgIpc) is 3.38. The summed E-state index contributed by atoms with van der Waals surface area (Å²) in [5, 5.41) is 2.71. The molecule has 0 bridgehead atoms. The maximum absolute atomic E-state index is 12.6. The van der Waals surface area contributed by atoms with Gasteiger partial charge in [0.15, 0.2) is 29.3 Å². The smallest absolute Gasteiger partial charge is 0.341 e. The molecule has 29 heavy (non-hydrogen) atoms. The largest absolute Gasteiger partial charge is 0.486 e. The van der Waals surface area contributed by atoms with Crippen molar-refractivity contribution in [2.45, 2.75) is 13.5 Å². The number of ether oxygens (including phenoxy) is 3. The summed E-state index contributed by atoms with van der Waals surface area (Å²) in [5.74, 6) is 1.42. The number of rotatable bonds is 5. The minimum absolute atomic E-state index is 0.0735. The first-order valence-electron chi connectivity index (χ1n) is 8.86. The first-order valence-corrected chi connectivity index (χ1v) is 8.86. The van der Waals surface area contributed by atoms with Crippen LogP contribution in [-0.4, -0.2) is 37.2 Å². The second-order valence-corrected chi connectivity index (χ2v) is 6.25. The Bertz CT molecular complexity index is 1070. The first-order chi connectivity index (χ1) is 14.1. The molecule has 3 heterocycles. The third-order valence-electron chi connectivity index (χ3n) is 4.38.